The predicted molar refractivity (Wildman–Crippen MR) is 63.6 cm³/mol. The van der Waals surface area contributed by atoms with Gasteiger partial charge in [-0.05, 0) is 35.4 Å². The number of nitrogens with two attached hydrogens (primary N) is 1. The molecule has 0 amide bonds. The number of hydrogen-bond acceptors (Lipinski definition) is 2. The molecule has 84 valence electrons. The fraction of sp³-hybridized carbons (Fsp3) is 0.0714. The third kappa shape index (κ3) is 2.49. The number of nitrogens with zero attached hydrogens (tertiary/aromatic N) is 1. The first kappa shape index (κ1) is 11.3. The summed E-state index contributed by atoms with van der Waals surface area (Å²) in [4.78, 5) is 0. The molecule has 2 rings (SSSR count). The molecule has 0 saturated carbocycles. The molecular formula is C14H11FN2. The van der Waals surface area contributed by atoms with Gasteiger partial charge in [0.15, 0.2) is 0 Å². The Bertz CT molecular complexity index is 555. The molecule has 17 heavy (non-hydrogen) atoms. The minimum Gasteiger partial charge on any atom is -0.320 e. The van der Waals surface area contributed by atoms with Gasteiger partial charge in [-0.1, -0.05) is 24.3 Å². The highest BCUT2D eigenvalue weighted by molar-refractivity contribution is 5.38. The van der Waals surface area contributed by atoms with E-state index in [0.29, 0.717) is 5.56 Å². The van der Waals surface area contributed by atoms with Crippen LogP contribution in [0.2, 0.25) is 0 Å². The highest BCUT2D eigenvalue weighted by atomic mass is 19.1. The first-order chi connectivity index (χ1) is 8.20. The van der Waals surface area contributed by atoms with Gasteiger partial charge in [0.05, 0.1) is 17.7 Å². The van der Waals surface area contributed by atoms with Gasteiger partial charge in [0, 0.05) is 0 Å². The van der Waals surface area contributed by atoms with E-state index in [9.17, 15) is 4.39 Å². The molecule has 0 bridgehead atoms. The third-order valence-corrected chi connectivity index (χ3v) is 2.60. The molecule has 0 aliphatic rings. The summed E-state index contributed by atoms with van der Waals surface area (Å²) in [7, 11) is 0. The SMILES string of the molecule is N#Cc1cccc([C@@H](N)c2ccc(F)cc2)c1. The molecule has 0 radical (unpaired) electrons. The Kier molecular flexibility index (Phi) is 3.17. The molecule has 0 heterocycles. The topological polar surface area (TPSA) is 49.8 Å². The second-order valence-corrected chi connectivity index (χ2v) is 3.77. The molecule has 0 aliphatic carbocycles. The van der Waals surface area contributed by atoms with E-state index in [1.165, 1.54) is 12.1 Å². The van der Waals surface area contributed by atoms with Crippen LogP contribution in [0.5, 0.6) is 0 Å². The van der Waals surface area contributed by atoms with Crippen molar-refractivity contribution < 1.29 is 4.39 Å². The van der Waals surface area contributed by atoms with Crippen LogP contribution in [-0.2, 0) is 0 Å². The standard InChI is InChI=1S/C14H11FN2/c15-13-6-4-11(5-7-13)14(17)12-3-1-2-10(8-12)9-16/h1-8,14H,17H2/t14-/m0/s1. The van der Waals surface area contributed by atoms with Gasteiger partial charge in [0.1, 0.15) is 5.82 Å². The highest BCUT2D eigenvalue weighted by Gasteiger charge is 2.09. The quantitative estimate of drug-likeness (QED) is 0.855. The summed E-state index contributed by atoms with van der Waals surface area (Å²) >= 11 is 0. The van der Waals surface area contributed by atoms with Crippen LogP contribution in [0.25, 0.3) is 0 Å². The number of nitriles is 1. The summed E-state index contributed by atoms with van der Waals surface area (Å²) < 4.78 is 12.8. The van der Waals surface area contributed by atoms with Crippen molar-refractivity contribution in [2.75, 3.05) is 0 Å². The molecule has 0 aliphatic heterocycles. The van der Waals surface area contributed by atoms with Gasteiger partial charge in [-0.2, -0.15) is 5.26 Å². The monoisotopic (exact) mass is 226 g/mol. The smallest absolute Gasteiger partial charge is 0.123 e. The van der Waals surface area contributed by atoms with Gasteiger partial charge in [-0.25, -0.2) is 4.39 Å². The van der Waals surface area contributed by atoms with Crippen molar-refractivity contribution in [2.24, 2.45) is 5.73 Å². The van der Waals surface area contributed by atoms with Gasteiger partial charge in [0.2, 0.25) is 0 Å². The lowest BCUT2D eigenvalue weighted by Gasteiger charge is -2.12. The summed E-state index contributed by atoms with van der Waals surface area (Å²) in [5.74, 6) is -0.285. The summed E-state index contributed by atoms with van der Waals surface area (Å²) in [5, 5.41) is 8.81. The Balaban J connectivity index is 2.33. The molecule has 2 aromatic rings. The molecule has 0 aromatic heterocycles. The lowest BCUT2D eigenvalue weighted by atomic mass is 9.98. The van der Waals surface area contributed by atoms with Crippen LogP contribution in [0.15, 0.2) is 48.5 Å². The van der Waals surface area contributed by atoms with E-state index in [-0.39, 0.29) is 11.9 Å². The molecule has 2 N–H and O–H groups in total. The molecule has 2 nitrogen and oxygen atoms in total. The third-order valence-electron chi connectivity index (χ3n) is 2.60. The van der Waals surface area contributed by atoms with Crippen molar-refractivity contribution in [2.45, 2.75) is 6.04 Å². The van der Waals surface area contributed by atoms with Gasteiger partial charge in [-0.15, -0.1) is 0 Å². The predicted octanol–water partition coefficient (Wildman–Crippen LogP) is 2.75. The molecule has 2 aromatic carbocycles. The van der Waals surface area contributed by atoms with Crippen LogP contribution in [0.3, 0.4) is 0 Å². The summed E-state index contributed by atoms with van der Waals surface area (Å²) in [6, 6.07) is 14.9. The van der Waals surface area contributed by atoms with E-state index in [4.69, 9.17) is 11.0 Å². The Morgan fingerprint density at radius 1 is 1.06 bits per heavy atom. The molecule has 3 heteroatoms. The second-order valence-electron chi connectivity index (χ2n) is 3.77. The van der Waals surface area contributed by atoms with Crippen molar-refractivity contribution in [1.29, 1.82) is 5.26 Å². The fourth-order valence-corrected chi connectivity index (χ4v) is 1.66. The minimum absolute atomic E-state index is 0.285. The molecule has 0 spiro atoms. The average molecular weight is 226 g/mol. The Morgan fingerprint density at radius 3 is 2.41 bits per heavy atom. The van der Waals surface area contributed by atoms with Crippen molar-refractivity contribution in [3.8, 4) is 6.07 Å². The van der Waals surface area contributed by atoms with Crippen molar-refractivity contribution in [3.05, 3.63) is 71.0 Å². The maximum atomic E-state index is 12.8. The van der Waals surface area contributed by atoms with E-state index < -0.39 is 0 Å². The summed E-state index contributed by atoms with van der Waals surface area (Å²) in [6.07, 6.45) is 0. The zero-order valence-electron chi connectivity index (χ0n) is 9.10. The lowest BCUT2D eigenvalue weighted by molar-refractivity contribution is 0.626. The average Bonchev–Trinajstić information content (AvgIpc) is 2.39. The number of rotatable bonds is 2. The first-order valence-corrected chi connectivity index (χ1v) is 5.22. The van der Waals surface area contributed by atoms with Crippen molar-refractivity contribution >= 4 is 0 Å². The van der Waals surface area contributed by atoms with Crippen LogP contribution in [-0.4, -0.2) is 0 Å². The minimum atomic E-state index is -0.344. The Morgan fingerprint density at radius 2 is 1.76 bits per heavy atom. The first-order valence-electron chi connectivity index (χ1n) is 5.22. The summed E-state index contributed by atoms with van der Waals surface area (Å²) in [6.45, 7) is 0. The molecular weight excluding hydrogens is 215 g/mol. The van der Waals surface area contributed by atoms with E-state index in [0.717, 1.165) is 11.1 Å². The molecule has 0 unspecified atom stereocenters. The van der Waals surface area contributed by atoms with Crippen molar-refractivity contribution in [1.82, 2.24) is 0 Å². The normalized spacial score (nSPS) is 11.8. The lowest BCUT2D eigenvalue weighted by Crippen LogP contribution is -2.11. The van der Waals surface area contributed by atoms with Gasteiger partial charge < -0.3 is 5.73 Å². The Hall–Kier alpha value is -2.18. The maximum absolute atomic E-state index is 12.8. The van der Waals surface area contributed by atoms with Gasteiger partial charge >= 0.3 is 0 Å². The van der Waals surface area contributed by atoms with Crippen LogP contribution in [0, 0.1) is 17.1 Å². The summed E-state index contributed by atoms with van der Waals surface area (Å²) in [5.41, 5.74) is 8.29. The molecule has 0 saturated heterocycles. The number of halogens is 1. The molecule has 1 atom stereocenters. The maximum Gasteiger partial charge on any atom is 0.123 e. The van der Waals surface area contributed by atoms with E-state index in [1.54, 1.807) is 30.3 Å². The van der Waals surface area contributed by atoms with Gasteiger partial charge in [-0.3, -0.25) is 0 Å². The van der Waals surface area contributed by atoms with E-state index >= 15 is 0 Å². The zero-order chi connectivity index (χ0) is 12.3. The molecule has 0 fully saturated rings. The Labute approximate surface area is 99.1 Å². The van der Waals surface area contributed by atoms with Gasteiger partial charge in [0.25, 0.3) is 0 Å². The number of benzene rings is 2. The second kappa shape index (κ2) is 4.77. The fourth-order valence-electron chi connectivity index (χ4n) is 1.66. The van der Waals surface area contributed by atoms with Crippen LogP contribution in [0.4, 0.5) is 4.39 Å². The van der Waals surface area contributed by atoms with E-state index in [2.05, 4.69) is 6.07 Å². The largest absolute Gasteiger partial charge is 0.320 e. The highest BCUT2D eigenvalue weighted by Crippen LogP contribution is 2.20. The number of hydrogen-bond donors (Lipinski definition) is 1. The van der Waals surface area contributed by atoms with E-state index in [1.807, 2.05) is 6.07 Å². The van der Waals surface area contributed by atoms with Crippen molar-refractivity contribution in [3.63, 3.8) is 0 Å². The van der Waals surface area contributed by atoms with Crippen LogP contribution < -0.4 is 5.73 Å². The zero-order valence-corrected chi connectivity index (χ0v) is 9.10. The van der Waals surface area contributed by atoms with Crippen LogP contribution in [0.1, 0.15) is 22.7 Å². The van der Waals surface area contributed by atoms with Crippen LogP contribution >= 0.6 is 0 Å².